The maximum atomic E-state index is 13.4. The van der Waals surface area contributed by atoms with Gasteiger partial charge in [0.25, 0.3) is 5.91 Å². The van der Waals surface area contributed by atoms with Gasteiger partial charge in [-0.3, -0.25) is 27.8 Å². The van der Waals surface area contributed by atoms with E-state index in [2.05, 4.69) is 32.2 Å². The summed E-state index contributed by atoms with van der Waals surface area (Å²) >= 11 is 4.26. The number of hydrogen-bond acceptors (Lipinski definition) is 12. The van der Waals surface area contributed by atoms with E-state index in [1.54, 1.807) is 40.2 Å². The van der Waals surface area contributed by atoms with Gasteiger partial charge in [-0.2, -0.15) is 0 Å². The predicted octanol–water partition coefficient (Wildman–Crippen LogP) is 2.95. The fraction of sp³-hybridized carbons (Fsp3) is 0.542. The zero-order chi connectivity index (χ0) is 29.0. The van der Waals surface area contributed by atoms with Crippen LogP contribution in [0.5, 0.6) is 0 Å². The van der Waals surface area contributed by atoms with Crippen LogP contribution in [0.2, 0.25) is 0 Å². The van der Waals surface area contributed by atoms with Gasteiger partial charge in [-0.15, -0.1) is 0 Å². The first-order valence-electron chi connectivity index (χ1n) is 13.5. The van der Waals surface area contributed by atoms with Crippen LogP contribution in [-0.4, -0.2) is 67.6 Å². The number of carbonyl (C=O) groups is 1. The highest BCUT2D eigenvalue weighted by atomic mass is 32.7. The number of carbonyl (C=O) groups excluding carboxylic acids is 1. The average Bonchev–Trinajstić information content (AvgIpc) is 3.68. The number of rotatable bonds is 3. The Bertz CT molecular complexity index is 1660. The predicted molar refractivity (Wildman–Crippen MR) is 152 cm³/mol. The number of nitrogens with two attached hydrogens (primary N) is 1. The summed E-state index contributed by atoms with van der Waals surface area (Å²) in [4.78, 5) is 29.0. The van der Waals surface area contributed by atoms with Gasteiger partial charge >= 0.3 is 15.1 Å². The van der Waals surface area contributed by atoms with Crippen LogP contribution in [-0.2, 0) is 36.8 Å². The van der Waals surface area contributed by atoms with Crippen LogP contribution in [0.15, 0.2) is 42.3 Å². The third kappa shape index (κ3) is 5.39. The third-order valence-corrected chi connectivity index (χ3v) is 10.9. The molecule has 2 saturated heterocycles. The molecular formula is C24H29N7O8P2S. The van der Waals surface area contributed by atoms with E-state index >= 15 is 0 Å². The number of imidazole rings is 2. The number of hydrogen-bond donors (Lipinski definition) is 2. The van der Waals surface area contributed by atoms with Crippen LogP contribution >= 0.6 is 27.3 Å². The molecule has 15 nitrogen and oxygen atoms in total. The van der Waals surface area contributed by atoms with Crippen molar-refractivity contribution in [1.82, 2.24) is 23.9 Å². The van der Waals surface area contributed by atoms with E-state index in [9.17, 15) is 13.9 Å². The van der Waals surface area contributed by atoms with Gasteiger partial charge in [0.2, 0.25) is 0 Å². The fourth-order valence-corrected chi connectivity index (χ4v) is 8.56. The molecule has 6 heterocycles. The van der Waals surface area contributed by atoms with E-state index in [4.69, 9.17) is 28.6 Å². The molecule has 0 bridgehead atoms. The average molecular weight is 638 g/mol. The van der Waals surface area contributed by atoms with Crippen LogP contribution in [0.4, 0.5) is 0 Å². The van der Waals surface area contributed by atoms with Crippen molar-refractivity contribution in [2.24, 2.45) is 34.4 Å². The van der Waals surface area contributed by atoms with Crippen LogP contribution in [0.25, 0.3) is 16.8 Å². The molecule has 224 valence electrons. The van der Waals surface area contributed by atoms with Gasteiger partial charge in [-0.05, 0) is 30.1 Å². The second kappa shape index (κ2) is 11.3. The van der Waals surface area contributed by atoms with Gasteiger partial charge in [0.05, 0.1) is 26.1 Å². The van der Waals surface area contributed by atoms with Crippen molar-refractivity contribution in [3.63, 3.8) is 0 Å². The molecule has 3 aromatic heterocycles. The lowest BCUT2D eigenvalue weighted by atomic mass is 9.59. The molecule has 1 amide bonds. The summed E-state index contributed by atoms with van der Waals surface area (Å²) in [5.74, 6) is -0.572. The molecule has 18 heteroatoms. The molecule has 0 spiro atoms. The van der Waals surface area contributed by atoms with Gasteiger partial charge in [0, 0.05) is 31.4 Å². The van der Waals surface area contributed by atoms with Crippen molar-refractivity contribution in [1.29, 1.82) is 0 Å². The molecule has 4 aliphatic rings. The number of allylic oxidation sites excluding steroid dienone is 1. The molecule has 1 aliphatic carbocycles. The summed E-state index contributed by atoms with van der Waals surface area (Å²) < 4.78 is 58.9. The van der Waals surface area contributed by atoms with E-state index in [1.807, 2.05) is 6.08 Å². The minimum absolute atomic E-state index is 0.0101. The second-order valence-corrected chi connectivity index (χ2v) is 14.8. The Balaban J connectivity index is 1.07. The largest absolute Gasteiger partial charge is 0.386 e. The van der Waals surface area contributed by atoms with Crippen molar-refractivity contribution >= 4 is 55.7 Å². The number of fused-ring (bicyclic) bond motifs is 5. The zero-order valence-electron chi connectivity index (χ0n) is 22.2. The number of thiol groups is 1. The number of aliphatic imine (C=N–C) groups is 1. The van der Waals surface area contributed by atoms with Crippen molar-refractivity contribution in [2.75, 3.05) is 19.8 Å². The first-order chi connectivity index (χ1) is 20.3. The first-order valence-corrected chi connectivity index (χ1v) is 17.5. The summed E-state index contributed by atoms with van der Waals surface area (Å²) in [6, 6.07) is 0. The molecule has 7 rings (SSSR count). The SMILES string of the molecule is NC(=O)C1=NC=CC([C@@H]2C[C@@H]3CO[P@@](=O)(S)O[C@H]4C[C@H](n5cnc6c5ncn5ccnc65)O[C@@H]4CO[PH](=O)OC[C@H]32)C1. The van der Waals surface area contributed by atoms with Crippen LogP contribution in [0.1, 0.15) is 25.5 Å². The molecule has 3 fully saturated rings. The summed E-state index contributed by atoms with van der Waals surface area (Å²) in [7, 11) is -2.89. The Kier molecular flexibility index (Phi) is 7.60. The van der Waals surface area contributed by atoms with E-state index in [0.717, 1.165) is 0 Å². The standard InChI is InChI=1S/C24H29N7O8P2S/c25-22(32)17-6-13(1-2-26-17)15-5-14-8-37-41(34,42)39-18-7-20(38-19(18)10-36-40(33)35-9-16(14)15)31-12-28-21-23-27-3-4-30(23)11-29-24(21)31/h1-4,11-16,18-20,40H,5-10H2,(H2,25,32)(H,34,42)/t13?,14-,15+,16-,18+,19-,20-,41-/m1/s1. The fourth-order valence-electron chi connectivity index (χ4n) is 6.28. The minimum atomic E-state index is -3.82. The van der Waals surface area contributed by atoms with Crippen molar-refractivity contribution < 1.29 is 36.8 Å². The van der Waals surface area contributed by atoms with Crippen LogP contribution in [0.3, 0.4) is 0 Å². The number of amides is 1. The quantitative estimate of drug-likeness (QED) is 0.318. The molecule has 3 aromatic rings. The van der Waals surface area contributed by atoms with Crippen LogP contribution in [0, 0.1) is 23.7 Å². The van der Waals surface area contributed by atoms with Gasteiger partial charge in [-0.25, -0.2) is 19.5 Å². The Hall–Kier alpha value is -2.42. The lowest BCUT2D eigenvalue weighted by Crippen LogP contribution is -2.46. The number of ether oxygens (including phenoxy) is 1. The van der Waals surface area contributed by atoms with Crippen molar-refractivity contribution in [3.05, 3.63) is 37.3 Å². The maximum absolute atomic E-state index is 13.4. The molecule has 9 atom stereocenters. The van der Waals surface area contributed by atoms with Crippen molar-refractivity contribution in [3.8, 4) is 0 Å². The smallest absolute Gasteiger partial charge is 0.365 e. The summed E-state index contributed by atoms with van der Waals surface area (Å²) in [5.41, 5.74) is 7.57. The van der Waals surface area contributed by atoms with E-state index in [1.165, 1.54) is 0 Å². The Morgan fingerprint density at radius 1 is 1.07 bits per heavy atom. The summed E-state index contributed by atoms with van der Waals surface area (Å²) in [6.45, 7) is -3.69. The molecule has 0 aromatic carbocycles. The lowest BCUT2D eigenvalue weighted by Gasteiger charge is -2.48. The highest BCUT2D eigenvalue weighted by Crippen LogP contribution is 2.58. The summed E-state index contributed by atoms with van der Waals surface area (Å²) in [6.07, 6.45) is 9.53. The summed E-state index contributed by atoms with van der Waals surface area (Å²) in [5, 5.41) is 0. The van der Waals surface area contributed by atoms with E-state index < -0.39 is 39.4 Å². The number of nitrogens with zero attached hydrogens (tertiary/aromatic N) is 6. The maximum Gasteiger partial charge on any atom is 0.386 e. The van der Waals surface area contributed by atoms with Crippen molar-refractivity contribution in [2.45, 2.75) is 37.7 Å². The monoisotopic (exact) mass is 637 g/mol. The molecule has 3 aliphatic heterocycles. The normalized spacial score (nSPS) is 37.6. The lowest BCUT2D eigenvalue weighted by molar-refractivity contribution is -0.112. The van der Waals surface area contributed by atoms with Gasteiger partial charge in [0.15, 0.2) is 16.8 Å². The van der Waals surface area contributed by atoms with Gasteiger partial charge in [-0.1, -0.05) is 18.3 Å². The van der Waals surface area contributed by atoms with E-state index in [0.29, 0.717) is 35.4 Å². The zero-order valence-corrected chi connectivity index (χ0v) is 25.0. The van der Waals surface area contributed by atoms with Crippen LogP contribution < -0.4 is 5.73 Å². The molecule has 42 heavy (non-hydrogen) atoms. The molecule has 2 N–H and O–H groups in total. The second-order valence-electron chi connectivity index (χ2n) is 10.8. The number of aromatic nitrogens is 5. The molecule has 1 saturated carbocycles. The molecule has 2 unspecified atom stereocenters. The number of primary amides is 1. The van der Waals surface area contributed by atoms with Gasteiger partial charge < -0.3 is 24.0 Å². The highest BCUT2D eigenvalue weighted by molar-refractivity contribution is 8.44. The topological polar surface area (TPSA) is 184 Å². The highest BCUT2D eigenvalue weighted by Gasteiger charge is 2.47. The Labute approximate surface area is 245 Å². The Morgan fingerprint density at radius 3 is 2.79 bits per heavy atom. The van der Waals surface area contributed by atoms with E-state index in [-0.39, 0.29) is 49.9 Å². The third-order valence-electron chi connectivity index (χ3n) is 8.48. The first kappa shape index (κ1) is 28.4. The minimum Gasteiger partial charge on any atom is -0.365 e. The molecule has 0 radical (unpaired) electrons. The molecular weight excluding hydrogens is 608 g/mol. The van der Waals surface area contributed by atoms with Gasteiger partial charge in [0.1, 0.15) is 30.5 Å². The Morgan fingerprint density at radius 2 is 1.93 bits per heavy atom.